The van der Waals surface area contributed by atoms with Crippen molar-refractivity contribution in [2.24, 2.45) is 0 Å². The van der Waals surface area contributed by atoms with Gasteiger partial charge in [-0.05, 0) is 30.2 Å². The van der Waals surface area contributed by atoms with Crippen molar-refractivity contribution in [2.75, 3.05) is 40.0 Å². The molecule has 1 amide bonds. The van der Waals surface area contributed by atoms with Crippen LogP contribution in [0.4, 0.5) is 0 Å². The fourth-order valence-corrected chi connectivity index (χ4v) is 4.75. The van der Waals surface area contributed by atoms with E-state index in [1.165, 1.54) is 13.0 Å². The molecule has 4 rings (SSSR count). The summed E-state index contributed by atoms with van der Waals surface area (Å²) in [6.45, 7) is 6.86. The molecule has 166 valence electrons. The second kappa shape index (κ2) is 10.2. The van der Waals surface area contributed by atoms with E-state index in [0.29, 0.717) is 25.8 Å². The Morgan fingerprint density at radius 3 is 2.68 bits per heavy atom. The molecule has 0 saturated carbocycles. The SMILES string of the molecule is CC[NH+]1CCC[C@@H]1CN(Cc1ccc2c(c1)OCCO2)C(=O)[C@H](OC)c1ccccc1. The second-order valence-corrected chi connectivity index (χ2v) is 8.32. The van der Waals surface area contributed by atoms with Crippen molar-refractivity contribution in [3.05, 3.63) is 59.7 Å². The van der Waals surface area contributed by atoms with E-state index >= 15 is 0 Å². The highest BCUT2D eigenvalue weighted by molar-refractivity contribution is 5.82. The van der Waals surface area contributed by atoms with E-state index in [4.69, 9.17) is 14.2 Å². The summed E-state index contributed by atoms with van der Waals surface area (Å²) in [6.07, 6.45) is 1.76. The first-order valence-corrected chi connectivity index (χ1v) is 11.3. The third kappa shape index (κ3) is 5.02. The summed E-state index contributed by atoms with van der Waals surface area (Å²) in [7, 11) is 1.61. The lowest BCUT2D eigenvalue weighted by atomic mass is 10.1. The number of methoxy groups -OCH3 is 1. The van der Waals surface area contributed by atoms with Crippen molar-refractivity contribution in [1.82, 2.24) is 4.90 Å². The molecule has 1 unspecified atom stereocenters. The maximum atomic E-state index is 13.7. The quantitative estimate of drug-likeness (QED) is 0.705. The van der Waals surface area contributed by atoms with Crippen molar-refractivity contribution in [1.29, 1.82) is 0 Å². The van der Waals surface area contributed by atoms with E-state index in [9.17, 15) is 4.79 Å². The van der Waals surface area contributed by atoms with Crippen LogP contribution in [0.2, 0.25) is 0 Å². The number of amides is 1. The van der Waals surface area contributed by atoms with Crippen LogP contribution in [-0.4, -0.2) is 56.8 Å². The lowest BCUT2D eigenvalue weighted by Gasteiger charge is -2.31. The van der Waals surface area contributed by atoms with Crippen molar-refractivity contribution >= 4 is 5.91 Å². The van der Waals surface area contributed by atoms with Gasteiger partial charge >= 0.3 is 0 Å². The van der Waals surface area contributed by atoms with Gasteiger partial charge in [-0.25, -0.2) is 0 Å². The largest absolute Gasteiger partial charge is 0.486 e. The third-order valence-electron chi connectivity index (χ3n) is 6.38. The Balaban J connectivity index is 1.58. The zero-order chi connectivity index (χ0) is 21.6. The molecule has 1 saturated heterocycles. The number of nitrogens with zero attached hydrogens (tertiary/aromatic N) is 1. The van der Waals surface area contributed by atoms with E-state index < -0.39 is 6.10 Å². The second-order valence-electron chi connectivity index (χ2n) is 8.32. The standard InChI is InChI=1S/C25H32N2O4/c1-3-26-13-7-10-21(26)18-27(25(28)24(29-2)20-8-5-4-6-9-20)17-19-11-12-22-23(16-19)31-15-14-30-22/h4-6,8-9,11-12,16,21,24H,3,7,10,13-15,17-18H2,1-2H3/p+1/t21-,24-/m1/s1. The molecule has 0 aliphatic carbocycles. The molecular formula is C25H33N2O4+. The van der Waals surface area contributed by atoms with E-state index in [1.54, 1.807) is 12.0 Å². The Morgan fingerprint density at radius 2 is 1.94 bits per heavy atom. The maximum absolute atomic E-state index is 13.7. The number of hydrogen-bond acceptors (Lipinski definition) is 4. The number of fused-ring (bicyclic) bond motifs is 1. The number of hydrogen-bond donors (Lipinski definition) is 1. The number of likely N-dealkylation sites (tertiary alicyclic amines) is 1. The first-order valence-electron chi connectivity index (χ1n) is 11.3. The third-order valence-corrected chi connectivity index (χ3v) is 6.38. The molecule has 2 aliphatic heterocycles. The van der Waals surface area contributed by atoms with Gasteiger partial charge in [-0.2, -0.15) is 0 Å². The van der Waals surface area contributed by atoms with Gasteiger partial charge in [0.05, 0.1) is 19.6 Å². The maximum Gasteiger partial charge on any atom is 0.256 e. The molecule has 2 heterocycles. The van der Waals surface area contributed by atoms with Crippen LogP contribution in [0.15, 0.2) is 48.5 Å². The summed E-state index contributed by atoms with van der Waals surface area (Å²) in [5.74, 6) is 1.53. The number of ether oxygens (including phenoxy) is 3. The molecule has 3 atom stereocenters. The van der Waals surface area contributed by atoms with E-state index in [1.807, 2.05) is 53.4 Å². The van der Waals surface area contributed by atoms with Gasteiger partial charge in [-0.3, -0.25) is 4.79 Å². The topological polar surface area (TPSA) is 52.4 Å². The monoisotopic (exact) mass is 425 g/mol. The molecule has 0 bridgehead atoms. The van der Waals surface area contributed by atoms with Gasteiger partial charge in [0, 0.05) is 26.5 Å². The fraction of sp³-hybridized carbons (Fsp3) is 0.480. The average molecular weight is 426 g/mol. The van der Waals surface area contributed by atoms with Crippen LogP contribution < -0.4 is 14.4 Å². The Morgan fingerprint density at radius 1 is 1.16 bits per heavy atom. The molecule has 31 heavy (non-hydrogen) atoms. The van der Waals surface area contributed by atoms with E-state index in [0.717, 1.165) is 42.1 Å². The zero-order valence-electron chi connectivity index (χ0n) is 18.5. The fourth-order valence-electron chi connectivity index (χ4n) is 4.75. The van der Waals surface area contributed by atoms with Gasteiger partial charge in [0.2, 0.25) is 0 Å². The predicted octanol–water partition coefficient (Wildman–Crippen LogP) is 2.24. The van der Waals surface area contributed by atoms with Gasteiger partial charge in [-0.15, -0.1) is 0 Å². The number of likely N-dealkylation sites (N-methyl/N-ethyl adjacent to an activating group) is 1. The number of carbonyl (C=O) groups is 1. The highest BCUT2D eigenvalue weighted by atomic mass is 16.6. The van der Waals surface area contributed by atoms with Crippen LogP contribution in [-0.2, 0) is 16.1 Å². The number of quaternary nitrogens is 1. The Kier molecular flexibility index (Phi) is 7.10. The van der Waals surface area contributed by atoms with E-state index in [-0.39, 0.29) is 5.91 Å². The highest BCUT2D eigenvalue weighted by Gasteiger charge is 2.33. The molecule has 2 aromatic carbocycles. The van der Waals surface area contributed by atoms with E-state index in [2.05, 4.69) is 6.92 Å². The Bertz CT molecular complexity index is 873. The lowest BCUT2D eigenvalue weighted by molar-refractivity contribution is -0.909. The van der Waals surface area contributed by atoms with Crippen LogP contribution >= 0.6 is 0 Å². The summed E-state index contributed by atoms with van der Waals surface area (Å²) >= 11 is 0. The number of carbonyl (C=O) groups excluding carboxylic acids is 1. The zero-order valence-corrected chi connectivity index (χ0v) is 18.5. The normalized spacial score (nSPS) is 21.0. The highest BCUT2D eigenvalue weighted by Crippen LogP contribution is 2.31. The molecule has 1 N–H and O–H groups in total. The van der Waals surface area contributed by atoms with Crippen molar-refractivity contribution in [2.45, 2.75) is 38.5 Å². The van der Waals surface area contributed by atoms with Gasteiger partial charge < -0.3 is 24.0 Å². The molecule has 0 aromatic heterocycles. The minimum Gasteiger partial charge on any atom is -0.486 e. The Hall–Kier alpha value is -2.57. The lowest BCUT2D eigenvalue weighted by Crippen LogP contribution is -3.14. The van der Waals surface area contributed by atoms with Crippen LogP contribution in [0.1, 0.15) is 37.0 Å². The number of benzene rings is 2. The molecular weight excluding hydrogens is 392 g/mol. The average Bonchev–Trinajstić information content (AvgIpc) is 3.27. The molecule has 6 nitrogen and oxygen atoms in total. The van der Waals surface area contributed by atoms with Crippen molar-refractivity contribution in [3.8, 4) is 11.5 Å². The first-order chi connectivity index (χ1) is 15.2. The van der Waals surface area contributed by atoms with Crippen molar-refractivity contribution in [3.63, 3.8) is 0 Å². The minimum atomic E-state index is -0.607. The molecule has 1 fully saturated rings. The van der Waals surface area contributed by atoms with Crippen molar-refractivity contribution < 1.29 is 23.9 Å². The predicted molar refractivity (Wildman–Crippen MR) is 118 cm³/mol. The molecule has 2 aromatic rings. The van der Waals surface area contributed by atoms with Gasteiger partial charge in [0.25, 0.3) is 5.91 Å². The summed E-state index contributed by atoms with van der Waals surface area (Å²) in [6, 6.07) is 16.2. The summed E-state index contributed by atoms with van der Waals surface area (Å²) < 4.78 is 17.1. The molecule has 0 spiro atoms. The summed E-state index contributed by atoms with van der Waals surface area (Å²) in [4.78, 5) is 17.2. The molecule has 0 radical (unpaired) electrons. The van der Waals surface area contributed by atoms with Gasteiger partial charge in [-0.1, -0.05) is 36.4 Å². The molecule has 2 aliphatic rings. The number of nitrogens with one attached hydrogen (secondary N) is 1. The first kappa shape index (κ1) is 21.7. The summed E-state index contributed by atoms with van der Waals surface area (Å²) in [5, 5.41) is 0. The smallest absolute Gasteiger partial charge is 0.256 e. The number of rotatable bonds is 8. The van der Waals surface area contributed by atoms with Crippen LogP contribution in [0.3, 0.4) is 0 Å². The van der Waals surface area contributed by atoms with Crippen LogP contribution in [0.5, 0.6) is 11.5 Å². The van der Waals surface area contributed by atoms with Crippen LogP contribution in [0.25, 0.3) is 0 Å². The summed E-state index contributed by atoms with van der Waals surface area (Å²) in [5.41, 5.74) is 1.92. The minimum absolute atomic E-state index is 0.00550. The van der Waals surface area contributed by atoms with Gasteiger partial charge in [0.15, 0.2) is 17.6 Å². The van der Waals surface area contributed by atoms with Crippen LogP contribution in [0, 0.1) is 0 Å². The van der Waals surface area contributed by atoms with Gasteiger partial charge in [0.1, 0.15) is 19.3 Å². The Labute approximate surface area is 184 Å². The molecule has 6 heteroatoms.